The number of hydrogen-bond acceptors (Lipinski definition) is 1. The van der Waals surface area contributed by atoms with Crippen molar-refractivity contribution in [3.63, 3.8) is 0 Å². The molecule has 15 heavy (non-hydrogen) atoms. The van der Waals surface area contributed by atoms with Gasteiger partial charge in [-0.25, -0.2) is 0 Å². The van der Waals surface area contributed by atoms with E-state index in [1.165, 1.54) is 44.9 Å². The molecule has 0 heterocycles. The molecule has 0 aromatic carbocycles. The maximum absolute atomic E-state index is 6.16. The number of hydrogen-bond donors (Lipinski definition) is 0. The molecule has 2 saturated carbocycles. The highest BCUT2D eigenvalue weighted by molar-refractivity contribution is 7.32. The molecule has 0 saturated heterocycles. The van der Waals surface area contributed by atoms with Crippen LogP contribution in [0.1, 0.15) is 51.9 Å². The summed E-state index contributed by atoms with van der Waals surface area (Å²) in [6, 6.07) is 1.28. The zero-order chi connectivity index (χ0) is 10.8. The zero-order valence-corrected chi connectivity index (χ0v) is 11.0. The summed E-state index contributed by atoms with van der Waals surface area (Å²) in [5, 5.41) is 0. The molecule has 0 N–H and O–H groups in total. The third-order valence-corrected chi connectivity index (χ3v) is 4.62. The smallest absolute Gasteiger partial charge is 0.309 e. The van der Waals surface area contributed by atoms with Crippen LogP contribution in [0, 0.1) is 5.92 Å². The van der Waals surface area contributed by atoms with Crippen molar-refractivity contribution in [2.24, 2.45) is 5.92 Å². The Morgan fingerprint density at radius 1 is 1.00 bits per heavy atom. The van der Waals surface area contributed by atoms with Gasteiger partial charge in [-0.05, 0) is 31.6 Å². The number of nitrogens with zero attached hydrogens (tertiary/aromatic N) is 1. The zero-order valence-electron chi connectivity index (χ0n) is 9.46. The predicted molar refractivity (Wildman–Crippen MR) is 68.4 cm³/mol. The Bertz CT molecular complexity index is 207. The van der Waals surface area contributed by atoms with E-state index in [4.69, 9.17) is 22.9 Å². The molecule has 0 spiro atoms. The third-order valence-electron chi connectivity index (χ3n) is 4.17. The second kappa shape index (κ2) is 5.29. The lowest BCUT2D eigenvalue weighted by atomic mass is 9.97. The normalized spacial score (nSPS) is 32.8. The highest BCUT2D eigenvalue weighted by atomic mass is 35.5. The molecular formula is C11H20BCl2N. The van der Waals surface area contributed by atoms with Gasteiger partial charge in [0, 0.05) is 12.1 Å². The van der Waals surface area contributed by atoms with Gasteiger partial charge in [0.15, 0.2) is 0 Å². The minimum Gasteiger partial charge on any atom is -0.309 e. The van der Waals surface area contributed by atoms with E-state index in [-0.39, 0.29) is 5.68 Å². The van der Waals surface area contributed by atoms with E-state index < -0.39 is 0 Å². The van der Waals surface area contributed by atoms with Crippen LogP contribution in [-0.2, 0) is 0 Å². The topological polar surface area (TPSA) is 3.24 Å². The Kier molecular flexibility index (Phi) is 4.26. The van der Waals surface area contributed by atoms with Crippen molar-refractivity contribution in [1.29, 1.82) is 0 Å². The van der Waals surface area contributed by atoms with E-state index in [2.05, 4.69) is 11.7 Å². The Balaban J connectivity index is 2.04. The highest BCUT2D eigenvalue weighted by Gasteiger charge is 2.38. The maximum Gasteiger partial charge on any atom is 0.435 e. The van der Waals surface area contributed by atoms with Gasteiger partial charge in [0.25, 0.3) is 0 Å². The van der Waals surface area contributed by atoms with E-state index in [1.807, 2.05) is 0 Å². The van der Waals surface area contributed by atoms with Crippen LogP contribution in [0.25, 0.3) is 0 Å². The van der Waals surface area contributed by atoms with E-state index >= 15 is 0 Å². The first kappa shape index (κ1) is 12.1. The summed E-state index contributed by atoms with van der Waals surface area (Å²) in [4.78, 5) is 2.40. The Morgan fingerprint density at radius 3 is 2.13 bits per heavy atom. The van der Waals surface area contributed by atoms with E-state index in [9.17, 15) is 0 Å². The van der Waals surface area contributed by atoms with Crippen molar-refractivity contribution in [3.05, 3.63) is 0 Å². The van der Waals surface area contributed by atoms with Crippen LogP contribution in [0.2, 0.25) is 0 Å². The molecule has 0 radical (unpaired) electrons. The Hall–Kier alpha value is 0.605. The summed E-state index contributed by atoms with van der Waals surface area (Å²) in [5.41, 5.74) is -0.307. The third kappa shape index (κ3) is 2.65. The standard InChI is InChI=1S/C11H20BCl2N/c1-9-5-4-8-11(9)15(12(13)14)10-6-2-3-7-10/h9-11H,2-8H2,1H3/t9-,11-/m0/s1. The van der Waals surface area contributed by atoms with Crippen LogP contribution in [0.5, 0.6) is 0 Å². The molecule has 0 unspecified atom stereocenters. The molecule has 0 amide bonds. The van der Waals surface area contributed by atoms with Crippen LogP contribution in [0.3, 0.4) is 0 Å². The van der Waals surface area contributed by atoms with Crippen LogP contribution >= 0.6 is 22.9 Å². The average molecular weight is 248 g/mol. The summed E-state index contributed by atoms with van der Waals surface area (Å²) in [6.07, 6.45) is 9.25. The summed E-state index contributed by atoms with van der Waals surface area (Å²) in [5.74, 6) is 0.769. The monoisotopic (exact) mass is 247 g/mol. The predicted octanol–water partition coefficient (Wildman–Crippen LogP) is 3.88. The van der Waals surface area contributed by atoms with Crippen LogP contribution in [-0.4, -0.2) is 22.6 Å². The van der Waals surface area contributed by atoms with Gasteiger partial charge < -0.3 is 4.81 Å². The van der Waals surface area contributed by atoms with Gasteiger partial charge in [-0.3, -0.25) is 0 Å². The molecular weight excluding hydrogens is 228 g/mol. The van der Waals surface area contributed by atoms with Gasteiger partial charge in [-0.15, -0.1) is 22.9 Å². The van der Waals surface area contributed by atoms with Crippen LogP contribution in [0.15, 0.2) is 0 Å². The summed E-state index contributed by atoms with van der Waals surface area (Å²) >= 11 is 12.3. The first-order valence-corrected chi connectivity index (χ1v) is 7.13. The molecule has 2 aliphatic rings. The molecule has 2 rings (SSSR count). The minimum absolute atomic E-state index is 0.307. The van der Waals surface area contributed by atoms with Crippen molar-refractivity contribution in [2.45, 2.75) is 64.0 Å². The molecule has 0 aliphatic heterocycles. The first-order valence-electron chi connectivity index (χ1n) is 6.25. The van der Waals surface area contributed by atoms with Gasteiger partial charge in [0.2, 0.25) is 0 Å². The lowest BCUT2D eigenvalue weighted by Crippen LogP contribution is -2.48. The highest BCUT2D eigenvalue weighted by Crippen LogP contribution is 2.36. The van der Waals surface area contributed by atoms with Crippen molar-refractivity contribution in [1.82, 2.24) is 4.81 Å². The average Bonchev–Trinajstić information content (AvgIpc) is 2.79. The first-order chi connectivity index (χ1) is 7.20. The summed E-state index contributed by atoms with van der Waals surface area (Å²) in [6.45, 7) is 2.34. The fourth-order valence-electron chi connectivity index (χ4n) is 3.35. The second-order valence-electron chi connectivity index (χ2n) is 5.14. The van der Waals surface area contributed by atoms with Crippen molar-refractivity contribution in [3.8, 4) is 0 Å². The van der Waals surface area contributed by atoms with Gasteiger partial charge in [-0.1, -0.05) is 26.2 Å². The summed E-state index contributed by atoms with van der Waals surface area (Å²) < 4.78 is 0. The van der Waals surface area contributed by atoms with E-state index in [1.54, 1.807) is 0 Å². The molecule has 1 nitrogen and oxygen atoms in total. The van der Waals surface area contributed by atoms with E-state index in [0.717, 1.165) is 5.92 Å². The summed E-state index contributed by atoms with van der Waals surface area (Å²) in [7, 11) is 0. The van der Waals surface area contributed by atoms with Gasteiger partial charge in [0.05, 0.1) is 0 Å². The largest absolute Gasteiger partial charge is 0.435 e. The molecule has 2 aliphatic carbocycles. The molecule has 0 aromatic heterocycles. The SMILES string of the molecule is C[C@H]1CCC[C@@H]1N(B(Cl)Cl)C1CCCC1. The number of rotatable bonds is 3. The van der Waals surface area contributed by atoms with Crippen molar-refractivity contribution >= 4 is 28.6 Å². The fraction of sp³-hybridized carbons (Fsp3) is 1.00. The lowest BCUT2D eigenvalue weighted by molar-refractivity contribution is 0.221. The minimum atomic E-state index is -0.307. The van der Waals surface area contributed by atoms with Gasteiger partial charge >= 0.3 is 5.68 Å². The van der Waals surface area contributed by atoms with Crippen LogP contribution < -0.4 is 0 Å². The molecule has 2 atom stereocenters. The molecule has 0 bridgehead atoms. The Labute approximate surface area is 103 Å². The molecule has 86 valence electrons. The molecule has 2 fully saturated rings. The van der Waals surface area contributed by atoms with Gasteiger partial charge in [-0.2, -0.15) is 0 Å². The quantitative estimate of drug-likeness (QED) is 0.685. The second-order valence-corrected chi connectivity index (χ2v) is 6.19. The van der Waals surface area contributed by atoms with E-state index in [0.29, 0.717) is 12.1 Å². The maximum atomic E-state index is 6.16. The van der Waals surface area contributed by atoms with Crippen molar-refractivity contribution in [2.75, 3.05) is 0 Å². The van der Waals surface area contributed by atoms with Gasteiger partial charge in [0.1, 0.15) is 0 Å². The lowest BCUT2D eigenvalue weighted by Gasteiger charge is -2.36. The van der Waals surface area contributed by atoms with Crippen molar-refractivity contribution < 1.29 is 0 Å². The fourth-order valence-corrected chi connectivity index (χ4v) is 3.95. The molecule has 4 heteroatoms. The van der Waals surface area contributed by atoms with Crippen LogP contribution in [0.4, 0.5) is 0 Å². The number of halogens is 2. The Morgan fingerprint density at radius 2 is 1.67 bits per heavy atom. The molecule has 0 aromatic rings.